The van der Waals surface area contributed by atoms with E-state index in [4.69, 9.17) is 0 Å². The second-order valence-electron chi connectivity index (χ2n) is 8.41. The minimum Gasteiger partial charge on any atom is -0.361 e. The Kier molecular flexibility index (Phi) is 6.30. The first-order valence-electron chi connectivity index (χ1n) is 10.8. The summed E-state index contributed by atoms with van der Waals surface area (Å²) in [6, 6.07) is 16.9. The van der Waals surface area contributed by atoms with Crippen LogP contribution in [0.5, 0.6) is 0 Å². The second-order valence-corrected chi connectivity index (χ2v) is 8.41. The van der Waals surface area contributed by atoms with E-state index in [1.165, 1.54) is 42.4 Å². The third-order valence-electron chi connectivity index (χ3n) is 6.09. The largest absolute Gasteiger partial charge is 0.361 e. The molecule has 0 unspecified atom stereocenters. The van der Waals surface area contributed by atoms with Gasteiger partial charge in [-0.3, -0.25) is 9.69 Å². The van der Waals surface area contributed by atoms with Crippen molar-refractivity contribution in [3.8, 4) is 0 Å². The summed E-state index contributed by atoms with van der Waals surface area (Å²) < 4.78 is 0. The molecule has 4 rings (SSSR count). The molecule has 2 N–H and O–H groups in total. The molecule has 2 aromatic carbocycles. The molecule has 1 fully saturated rings. The molecule has 1 amide bonds. The lowest BCUT2D eigenvalue weighted by Gasteiger charge is -2.30. The number of benzene rings is 2. The van der Waals surface area contributed by atoms with Crippen molar-refractivity contribution in [2.75, 3.05) is 13.1 Å². The molecule has 3 aromatic rings. The predicted molar refractivity (Wildman–Crippen MR) is 119 cm³/mol. The molecule has 0 spiro atoms. The number of aryl methyl sites for hydroxylation is 1. The van der Waals surface area contributed by atoms with Gasteiger partial charge < -0.3 is 10.3 Å². The van der Waals surface area contributed by atoms with E-state index in [-0.39, 0.29) is 5.91 Å². The van der Waals surface area contributed by atoms with Gasteiger partial charge in [0, 0.05) is 36.6 Å². The number of aromatic nitrogens is 1. The number of rotatable bonds is 7. The normalized spacial score (nSPS) is 15.6. The molecule has 0 atom stereocenters. The van der Waals surface area contributed by atoms with Gasteiger partial charge in [0.25, 0.3) is 0 Å². The number of hydrogen-bond donors (Lipinski definition) is 2. The van der Waals surface area contributed by atoms with Crippen LogP contribution < -0.4 is 5.32 Å². The number of aromatic amines is 1. The first-order valence-corrected chi connectivity index (χ1v) is 10.8. The van der Waals surface area contributed by atoms with Gasteiger partial charge in [0.15, 0.2) is 0 Å². The molecule has 1 aliphatic heterocycles. The summed E-state index contributed by atoms with van der Waals surface area (Å²) in [7, 11) is 0. The van der Waals surface area contributed by atoms with Gasteiger partial charge in [-0.05, 0) is 61.0 Å². The number of nitrogens with zero attached hydrogens (tertiary/aromatic N) is 1. The Bertz CT molecular complexity index is 936. The molecule has 4 nitrogen and oxygen atoms in total. The molecule has 29 heavy (non-hydrogen) atoms. The lowest BCUT2D eigenvalue weighted by molar-refractivity contribution is -0.121. The summed E-state index contributed by atoms with van der Waals surface area (Å²) >= 11 is 0. The Hall–Kier alpha value is -2.59. The van der Waals surface area contributed by atoms with Gasteiger partial charge in [0.05, 0.1) is 0 Å². The Balaban J connectivity index is 1.22. The number of nitrogens with one attached hydrogen (secondary N) is 2. The van der Waals surface area contributed by atoms with Gasteiger partial charge in [0.1, 0.15) is 0 Å². The van der Waals surface area contributed by atoms with E-state index in [9.17, 15) is 4.79 Å². The van der Waals surface area contributed by atoms with Crippen LogP contribution in [0.25, 0.3) is 10.9 Å². The zero-order valence-electron chi connectivity index (χ0n) is 17.3. The fourth-order valence-corrected chi connectivity index (χ4v) is 4.12. The highest BCUT2D eigenvalue weighted by molar-refractivity contribution is 5.84. The van der Waals surface area contributed by atoms with Crippen molar-refractivity contribution in [1.29, 1.82) is 0 Å². The summed E-state index contributed by atoms with van der Waals surface area (Å²) in [6.45, 7) is 6.38. The lowest BCUT2D eigenvalue weighted by Crippen LogP contribution is -2.32. The van der Waals surface area contributed by atoms with Crippen LogP contribution >= 0.6 is 0 Å². The predicted octanol–water partition coefficient (Wildman–Crippen LogP) is 4.65. The SMILES string of the molecule is CC1CCN(Cc2ccc(CNC(=O)CCc3c[nH]c4ccccc34)cc2)CC1. The summed E-state index contributed by atoms with van der Waals surface area (Å²) in [5.41, 5.74) is 4.84. The van der Waals surface area contributed by atoms with Crippen LogP contribution in [-0.4, -0.2) is 28.9 Å². The average molecular weight is 390 g/mol. The number of amides is 1. The third-order valence-corrected chi connectivity index (χ3v) is 6.09. The quantitative estimate of drug-likeness (QED) is 0.618. The fraction of sp³-hybridized carbons (Fsp3) is 0.400. The number of H-pyrrole nitrogens is 1. The highest BCUT2D eigenvalue weighted by Gasteiger charge is 2.15. The van der Waals surface area contributed by atoms with E-state index in [1.807, 2.05) is 18.3 Å². The van der Waals surface area contributed by atoms with Crippen LogP contribution in [0.2, 0.25) is 0 Å². The molecule has 2 heterocycles. The van der Waals surface area contributed by atoms with Crippen LogP contribution in [-0.2, 0) is 24.3 Å². The van der Waals surface area contributed by atoms with Gasteiger partial charge in [-0.25, -0.2) is 0 Å². The molecule has 0 saturated carbocycles. The van der Waals surface area contributed by atoms with Gasteiger partial charge in [-0.2, -0.15) is 0 Å². The molecule has 0 aliphatic carbocycles. The standard InChI is InChI=1S/C25H31N3O/c1-19-12-14-28(15-13-19)18-21-8-6-20(7-9-21)16-27-25(29)11-10-22-17-26-24-5-3-2-4-23(22)24/h2-9,17,19,26H,10-16,18H2,1H3,(H,27,29). The van der Waals surface area contributed by atoms with Crippen LogP contribution in [0.4, 0.5) is 0 Å². The average Bonchev–Trinajstić information content (AvgIpc) is 3.16. The highest BCUT2D eigenvalue weighted by Crippen LogP contribution is 2.19. The first-order chi connectivity index (χ1) is 14.2. The number of likely N-dealkylation sites (tertiary alicyclic amines) is 1. The van der Waals surface area contributed by atoms with E-state index in [1.54, 1.807) is 0 Å². The molecule has 1 aromatic heterocycles. The van der Waals surface area contributed by atoms with Crippen LogP contribution in [0.1, 0.15) is 42.9 Å². The number of carbonyl (C=O) groups is 1. The molecule has 152 valence electrons. The number of fused-ring (bicyclic) bond motifs is 1. The minimum absolute atomic E-state index is 0.0989. The van der Waals surface area contributed by atoms with E-state index in [0.29, 0.717) is 13.0 Å². The fourth-order valence-electron chi connectivity index (χ4n) is 4.12. The zero-order valence-corrected chi connectivity index (χ0v) is 17.3. The number of hydrogen-bond acceptors (Lipinski definition) is 2. The van der Waals surface area contributed by atoms with E-state index in [2.05, 4.69) is 58.5 Å². The molecule has 0 bridgehead atoms. The number of para-hydroxylation sites is 1. The molecular formula is C25H31N3O. The third kappa shape index (κ3) is 5.27. The Morgan fingerprint density at radius 1 is 1.07 bits per heavy atom. The van der Waals surface area contributed by atoms with Crippen molar-refractivity contribution >= 4 is 16.8 Å². The van der Waals surface area contributed by atoms with Crippen LogP contribution in [0, 0.1) is 5.92 Å². The Morgan fingerprint density at radius 3 is 2.59 bits per heavy atom. The zero-order chi connectivity index (χ0) is 20.1. The monoisotopic (exact) mass is 389 g/mol. The molecule has 1 aliphatic rings. The maximum atomic E-state index is 12.3. The first kappa shape index (κ1) is 19.7. The lowest BCUT2D eigenvalue weighted by atomic mass is 9.99. The molecular weight excluding hydrogens is 358 g/mol. The van der Waals surface area contributed by atoms with Crippen molar-refractivity contribution in [3.63, 3.8) is 0 Å². The topological polar surface area (TPSA) is 48.1 Å². The second kappa shape index (κ2) is 9.27. The van der Waals surface area contributed by atoms with E-state index >= 15 is 0 Å². The van der Waals surface area contributed by atoms with Crippen molar-refractivity contribution < 1.29 is 4.79 Å². The van der Waals surface area contributed by atoms with Crippen molar-refractivity contribution in [1.82, 2.24) is 15.2 Å². The van der Waals surface area contributed by atoms with E-state index < -0.39 is 0 Å². The molecule has 0 radical (unpaired) electrons. The van der Waals surface area contributed by atoms with Crippen LogP contribution in [0.15, 0.2) is 54.7 Å². The van der Waals surface area contributed by atoms with Gasteiger partial charge in [-0.1, -0.05) is 49.4 Å². The summed E-state index contributed by atoms with van der Waals surface area (Å²) in [5.74, 6) is 0.968. The van der Waals surface area contributed by atoms with Gasteiger partial charge in [-0.15, -0.1) is 0 Å². The summed E-state index contributed by atoms with van der Waals surface area (Å²) in [4.78, 5) is 18.1. The molecule has 4 heteroatoms. The highest BCUT2D eigenvalue weighted by atomic mass is 16.1. The van der Waals surface area contributed by atoms with E-state index in [0.717, 1.165) is 30.0 Å². The maximum Gasteiger partial charge on any atom is 0.220 e. The maximum absolute atomic E-state index is 12.3. The Morgan fingerprint density at radius 2 is 1.79 bits per heavy atom. The van der Waals surface area contributed by atoms with Crippen molar-refractivity contribution in [2.24, 2.45) is 5.92 Å². The Labute approximate surface area is 173 Å². The minimum atomic E-state index is 0.0989. The van der Waals surface area contributed by atoms with Gasteiger partial charge in [0.2, 0.25) is 5.91 Å². The smallest absolute Gasteiger partial charge is 0.220 e. The van der Waals surface area contributed by atoms with Crippen molar-refractivity contribution in [2.45, 2.75) is 45.7 Å². The number of piperidine rings is 1. The van der Waals surface area contributed by atoms with Gasteiger partial charge >= 0.3 is 0 Å². The van der Waals surface area contributed by atoms with Crippen molar-refractivity contribution in [3.05, 3.63) is 71.4 Å². The van der Waals surface area contributed by atoms with Crippen LogP contribution in [0.3, 0.4) is 0 Å². The summed E-state index contributed by atoms with van der Waals surface area (Å²) in [6.07, 6.45) is 5.89. The summed E-state index contributed by atoms with van der Waals surface area (Å²) in [5, 5.41) is 4.26. The molecule has 1 saturated heterocycles. The number of carbonyl (C=O) groups excluding carboxylic acids is 1.